The second-order valence-corrected chi connectivity index (χ2v) is 5.20. The average Bonchev–Trinajstić information content (AvgIpc) is 2.78. The first-order valence-electron chi connectivity index (χ1n) is 5.20. The molecule has 1 saturated heterocycles. The minimum Gasteiger partial charge on any atom is -0.622 e. The van der Waals surface area contributed by atoms with Crippen molar-refractivity contribution in [2.24, 2.45) is 0 Å². The summed E-state index contributed by atoms with van der Waals surface area (Å²) in [7, 11) is 1.75. The molecule has 2 atom stereocenters. The molecule has 1 aromatic heterocycles. The van der Waals surface area contributed by atoms with Crippen LogP contribution in [0.3, 0.4) is 0 Å². The molecule has 0 N–H and O–H groups in total. The van der Waals surface area contributed by atoms with Gasteiger partial charge in [-0.15, -0.1) is 5.10 Å². The summed E-state index contributed by atoms with van der Waals surface area (Å²) in [4.78, 5) is 12.8. The van der Waals surface area contributed by atoms with Gasteiger partial charge in [-0.3, -0.25) is 9.44 Å². The van der Waals surface area contributed by atoms with Gasteiger partial charge >= 0.3 is 17.5 Å². The van der Waals surface area contributed by atoms with Crippen LogP contribution in [0.5, 0.6) is 0 Å². The Morgan fingerprint density at radius 2 is 2.35 bits per heavy atom. The molecule has 0 spiro atoms. The molecule has 0 saturated carbocycles. The Bertz CT molecular complexity index is 438. The molecule has 0 aliphatic carbocycles. The summed E-state index contributed by atoms with van der Waals surface area (Å²) in [6.07, 6.45) is -0.861. The molecule has 0 radical (unpaired) electrons. The van der Waals surface area contributed by atoms with Crippen LogP contribution in [0.25, 0.3) is 0 Å². The number of nitrogens with zero attached hydrogens (tertiary/aromatic N) is 4. The van der Waals surface area contributed by atoms with Crippen LogP contribution in [-0.4, -0.2) is 47.6 Å². The number of likely N-dealkylation sites (N-methyl/N-ethyl adjacent to an activating group) is 1. The van der Waals surface area contributed by atoms with Gasteiger partial charge in [-0.05, 0) is 25.3 Å². The lowest BCUT2D eigenvalue weighted by Gasteiger charge is -2.39. The molecule has 1 fully saturated rings. The van der Waals surface area contributed by atoms with E-state index < -0.39 is 17.0 Å². The Balaban J connectivity index is 2.31. The maximum Gasteiger partial charge on any atom is 0.310 e. The second-order valence-electron chi connectivity index (χ2n) is 4.04. The summed E-state index contributed by atoms with van der Waals surface area (Å²) < 4.78 is 4.33. The molecule has 1 aliphatic rings. The van der Waals surface area contributed by atoms with Crippen molar-refractivity contribution in [3.63, 3.8) is 0 Å². The minimum absolute atomic E-state index is 0.309. The molecule has 2 rings (SSSR count). The highest BCUT2D eigenvalue weighted by Gasteiger charge is 2.45. The van der Waals surface area contributed by atoms with Crippen LogP contribution in [0.15, 0.2) is 0 Å². The van der Waals surface area contributed by atoms with E-state index in [-0.39, 0.29) is 0 Å². The summed E-state index contributed by atoms with van der Waals surface area (Å²) >= 11 is 1.24. The molecule has 0 bridgehead atoms. The van der Waals surface area contributed by atoms with E-state index >= 15 is 0 Å². The van der Waals surface area contributed by atoms with Gasteiger partial charge in [0.1, 0.15) is 11.6 Å². The Morgan fingerprint density at radius 3 is 2.88 bits per heavy atom. The molecule has 0 amide bonds. The van der Waals surface area contributed by atoms with Gasteiger partial charge in [-0.25, -0.2) is 4.90 Å². The zero-order chi connectivity index (χ0) is 12.6. The molecule has 1 aromatic rings. The van der Waals surface area contributed by atoms with E-state index in [9.17, 15) is 10.0 Å². The van der Waals surface area contributed by atoms with Crippen molar-refractivity contribution in [3.05, 3.63) is 10.2 Å². The number of aryl methyl sites for hydroxylation is 1. The summed E-state index contributed by atoms with van der Waals surface area (Å²) in [6.45, 7) is 3.94. The van der Waals surface area contributed by atoms with Gasteiger partial charge in [0, 0.05) is 6.92 Å². The van der Waals surface area contributed by atoms with Crippen LogP contribution in [0, 0.1) is 12.1 Å². The smallest absolute Gasteiger partial charge is 0.310 e. The van der Waals surface area contributed by atoms with Gasteiger partial charge in [-0.1, -0.05) is 5.10 Å². The van der Waals surface area contributed by atoms with E-state index in [4.69, 9.17) is 4.74 Å². The van der Waals surface area contributed by atoms with E-state index in [1.807, 2.05) is 0 Å². The number of quaternary nitrogens is 1. The summed E-state index contributed by atoms with van der Waals surface area (Å²) in [5, 5.41) is 21.5. The normalized spacial score (nSPS) is 29.5. The maximum absolute atomic E-state index is 12.7. The third-order valence-corrected chi connectivity index (χ3v) is 3.58. The Hall–Kier alpha value is -1.09. The molecule has 0 aromatic carbocycles. The molecular weight excluding hydrogens is 244 g/mol. The van der Waals surface area contributed by atoms with Crippen LogP contribution < -0.4 is 4.65 Å². The predicted octanol–water partition coefficient (Wildman–Crippen LogP) is 0.444. The zero-order valence-corrected chi connectivity index (χ0v) is 10.7. The zero-order valence-electron chi connectivity index (χ0n) is 9.91. The SMILES string of the molecule is CC(=O)OC1N(C)CC[N+]1([O-])c1nnc(C)s1. The third-order valence-electron chi connectivity index (χ3n) is 2.63. The summed E-state index contributed by atoms with van der Waals surface area (Å²) in [5.41, 5.74) is 0. The fourth-order valence-corrected chi connectivity index (χ4v) is 2.56. The van der Waals surface area contributed by atoms with Gasteiger partial charge in [-0.2, -0.15) is 0 Å². The molecule has 8 heteroatoms. The fraction of sp³-hybridized carbons (Fsp3) is 0.667. The molecule has 1 aliphatic heterocycles. The van der Waals surface area contributed by atoms with E-state index in [2.05, 4.69) is 10.2 Å². The van der Waals surface area contributed by atoms with E-state index in [1.165, 1.54) is 18.3 Å². The van der Waals surface area contributed by atoms with Crippen molar-refractivity contribution in [3.8, 4) is 0 Å². The summed E-state index contributed by atoms with van der Waals surface area (Å²) in [5.74, 6) is -0.469. The van der Waals surface area contributed by atoms with Crippen LogP contribution in [0.1, 0.15) is 11.9 Å². The quantitative estimate of drug-likeness (QED) is 0.435. The molecule has 2 unspecified atom stereocenters. The van der Waals surface area contributed by atoms with E-state index in [0.29, 0.717) is 18.2 Å². The number of aromatic nitrogens is 2. The lowest BCUT2D eigenvalue weighted by molar-refractivity contribution is -0.161. The standard InChI is InChI=1S/C9H14N4O3S/c1-6-10-11-8(17-6)13(15)5-4-12(3)9(13)16-7(2)14/h9H,4-5H2,1-3H3. The van der Waals surface area contributed by atoms with Gasteiger partial charge < -0.3 is 9.94 Å². The molecule has 94 valence electrons. The van der Waals surface area contributed by atoms with Crippen molar-refractivity contribution in [2.45, 2.75) is 20.2 Å². The third kappa shape index (κ3) is 2.16. The highest BCUT2D eigenvalue weighted by atomic mass is 32.1. The predicted molar refractivity (Wildman–Crippen MR) is 62.9 cm³/mol. The number of esters is 1. The molecule has 7 nitrogen and oxygen atoms in total. The van der Waals surface area contributed by atoms with Gasteiger partial charge in [0.2, 0.25) is 0 Å². The molecule has 2 heterocycles. The summed E-state index contributed by atoms with van der Waals surface area (Å²) in [6, 6.07) is 0. The largest absolute Gasteiger partial charge is 0.622 e. The highest BCUT2D eigenvalue weighted by Crippen LogP contribution is 2.33. The van der Waals surface area contributed by atoms with Gasteiger partial charge in [0.05, 0.1) is 6.54 Å². The lowest BCUT2D eigenvalue weighted by Crippen LogP contribution is -2.53. The lowest BCUT2D eigenvalue weighted by atomic mass is 10.6. The maximum atomic E-state index is 12.7. The topological polar surface area (TPSA) is 78.4 Å². The number of hydrogen-bond donors (Lipinski definition) is 0. The van der Waals surface area contributed by atoms with Crippen molar-refractivity contribution in [2.75, 3.05) is 20.1 Å². The number of hydrogen-bond acceptors (Lipinski definition) is 7. The Morgan fingerprint density at radius 1 is 1.65 bits per heavy atom. The second kappa shape index (κ2) is 4.30. The highest BCUT2D eigenvalue weighted by molar-refractivity contribution is 7.15. The van der Waals surface area contributed by atoms with Gasteiger partial charge in [0.25, 0.3) is 0 Å². The van der Waals surface area contributed by atoms with Crippen molar-refractivity contribution < 1.29 is 9.53 Å². The molecule has 17 heavy (non-hydrogen) atoms. The number of carbonyl (C=O) groups is 1. The number of carbonyl (C=O) groups excluding carboxylic acids is 1. The Kier molecular flexibility index (Phi) is 3.13. The van der Waals surface area contributed by atoms with Crippen molar-refractivity contribution in [1.82, 2.24) is 19.7 Å². The Labute approximate surface area is 103 Å². The van der Waals surface area contributed by atoms with Crippen LogP contribution in [-0.2, 0) is 9.53 Å². The van der Waals surface area contributed by atoms with Crippen LogP contribution in [0.4, 0.5) is 5.13 Å². The molecular formula is C9H14N4O3S. The van der Waals surface area contributed by atoms with Gasteiger partial charge in [0.15, 0.2) is 0 Å². The fourth-order valence-electron chi connectivity index (χ4n) is 1.80. The minimum atomic E-state index is -0.861. The first kappa shape index (κ1) is 12.4. The average molecular weight is 258 g/mol. The van der Waals surface area contributed by atoms with E-state index in [1.54, 1.807) is 18.9 Å². The van der Waals surface area contributed by atoms with Crippen LogP contribution in [0.2, 0.25) is 0 Å². The first-order valence-corrected chi connectivity index (χ1v) is 6.02. The van der Waals surface area contributed by atoms with Crippen LogP contribution >= 0.6 is 11.3 Å². The number of hydroxylamine groups is 2. The van der Waals surface area contributed by atoms with E-state index in [0.717, 1.165) is 5.01 Å². The number of ether oxygens (including phenoxy) is 1. The monoisotopic (exact) mass is 258 g/mol. The van der Waals surface area contributed by atoms with Crippen molar-refractivity contribution >= 4 is 22.4 Å². The number of rotatable bonds is 2. The van der Waals surface area contributed by atoms with Crippen molar-refractivity contribution in [1.29, 1.82) is 0 Å². The first-order chi connectivity index (χ1) is 7.93.